The van der Waals surface area contributed by atoms with Crippen molar-refractivity contribution in [3.63, 3.8) is 0 Å². The van der Waals surface area contributed by atoms with E-state index < -0.39 is 4.92 Å². The van der Waals surface area contributed by atoms with Crippen LogP contribution in [0.15, 0.2) is 29.6 Å². The second-order valence-corrected chi connectivity index (χ2v) is 5.25. The average molecular weight is 307 g/mol. The number of phenolic OH excluding ortho intramolecular Hbond substituents is 1. The van der Waals surface area contributed by atoms with Gasteiger partial charge < -0.3 is 15.7 Å². The Morgan fingerprint density at radius 2 is 2.14 bits per heavy atom. The first-order valence-electron chi connectivity index (χ1n) is 6.02. The Kier molecular flexibility index (Phi) is 4.39. The van der Waals surface area contributed by atoms with Gasteiger partial charge in [0.25, 0.3) is 5.69 Å². The first kappa shape index (κ1) is 14.8. The molecule has 0 saturated heterocycles. The van der Waals surface area contributed by atoms with Crippen LogP contribution in [-0.2, 0) is 11.3 Å². The normalized spacial score (nSPS) is 10.1. The maximum absolute atomic E-state index is 11.1. The average Bonchev–Trinajstić information content (AvgIpc) is 2.83. The molecule has 0 fully saturated rings. The molecule has 0 aliphatic rings. The van der Waals surface area contributed by atoms with Crippen molar-refractivity contribution in [2.24, 2.45) is 0 Å². The molecule has 1 aromatic carbocycles. The standard InChI is InChI=1S/C13H13N3O4S/c1-8(17)15-11-4-5-21-13(11)7-14-10-3-2-9(18)6-12(10)16(19)20/h2-6,14,18H,7H2,1H3,(H,15,17). The number of hydrogen-bond acceptors (Lipinski definition) is 6. The predicted octanol–water partition coefficient (Wildman–Crippen LogP) is 2.93. The molecule has 0 bridgehead atoms. The minimum atomic E-state index is -0.564. The second-order valence-electron chi connectivity index (χ2n) is 4.25. The highest BCUT2D eigenvalue weighted by atomic mass is 32.1. The van der Waals surface area contributed by atoms with Gasteiger partial charge in [0.05, 0.1) is 23.2 Å². The lowest BCUT2D eigenvalue weighted by Crippen LogP contribution is -2.08. The summed E-state index contributed by atoms with van der Waals surface area (Å²) < 4.78 is 0. The number of amides is 1. The summed E-state index contributed by atoms with van der Waals surface area (Å²) in [4.78, 5) is 22.3. The van der Waals surface area contributed by atoms with E-state index in [2.05, 4.69) is 10.6 Å². The van der Waals surface area contributed by atoms with Crippen LogP contribution < -0.4 is 10.6 Å². The third-order valence-corrected chi connectivity index (χ3v) is 3.59. The van der Waals surface area contributed by atoms with Crippen molar-refractivity contribution in [3.05, 3.63) is 44.6 Å². The van der Waals surface area contributed by atoms with Crippen molar-refractivity contribution in [2.75, 3.05) is 10.6 Å². The Morgan fingerprint density at radius 1 is 1.38 bits per heavy atom. The highest BCUT2D eigenvalue weighted by Crippen LogP contribution is 2.30. The molecular formula is C13H13N3O4S. The van der Waals surface area contributed by atoms with E-state index in [4.69, 9.17) is 0 Å². The monoisotopic (exact) mass is 307 g/mol. The van der Waals surface area contributed by atoms with E-state index in [0.29, 0.717) is 17.9 Å². The maximum atomic E-state index is 11.1. The number of hydrogen-bond donors (Lipinski definition) is 3. The Morgan fingerprint density at radius 3 is 2.81 bits per heavy atom. The van der Waals surface area contributed by atoms with Gasteiger partial charge in [-0.25, -0.2) is 0 Å². The van der Waals surface area contributed by atoms with Gasteiger partial charge in [0, 0.05) is 11.8 Å². The summed E-state index contributed by atoms with van der Waals surface area (Å²) >= 11 is 1.43. The van der Waals surface area contributed by atoms with Crippen molar-refractivity contribution < 1.29 is 14.8 Å². The molecule has 0 spiro atoms. The number of benzene rings is 1. The van der Waals surface area contributed by atoms with E-state index in [1.807, 2.05) is 5.38 Å². The number of anilines is 2. The van der Waals surface area contributed by atoms with Gasteiger partial charge in [-0.05, 0) is 23.6 Å². The van der Waals surface area contributed by atoms with Crippen LogP contribution in [0, 0.1) is 10.1 Å². The van der Waals surface area contributed by atoms with E-state index in [9.17, 15) is 20.0 Å². The highest BCUT2D eigenvalue weighted by molar-refractivity contribution is 7.10. The summed E-state index contributed by atoms with van der Waals surface area (Å²) in [6.45, 7) is 1.75. The van der Waals surface area contributed by atoms with Crippen LogP contribution in [0.25, 0.3) is 0 Å². The van der Waals surface area contributed by atoms with E-state index in [0.717, 1.165) is 10.9 Å². The highest BCUT2D eigenvalue weighted by Gasteiger charge is 2.15. The fourth-order valence-electron chi connectivity index (χ4n) is 1.77. The number of nitro benzene ring substituents is 1. The molecule has 21 heavy (non-hydrogen) atoms. The zero-order valence-electron chi connectivity index (χ0n) is 11.1. The molecule has 1 aromatic heterocycles. The number of phenols is 1. The first-order chi connectivity index (χ1) is 9.97. The maximum Gasteiger partial charge on any atom is 0.296 e. The minimum absolute atomic E-state index is 0.165. The van der Waals surface area contributed by atoms with Gasteiger partial charge in [-0.3, -0.25) is 14.9 Å². The summed E-state index contributed by atoms with van der Waals surface area (Å²) in [7, 11) is 0. The third-order valence-electron chi connectivity index (χ3n) is 2.67. The molecule has 0 aliphatic carbocycles. The van der Waals surface area contributed by atoms with Crippen molar-refractivity contribution in [1.29, 1.82) is 0 Å². The van der Waals surface area contributed by atoms with Gasteiger partial charge in [0.15, 0.2) is 0 Å². The summed E-state index contributed by atoms with van der Waals surface area (Å²) in [5, 5.41) is 27.7. The first-order valence-corrected chi connectivity index (χ1v) is 6.90. The van der Waals surface area contributed by atoms with Gasteiger partial charge in [-0.2, -0.15) is 0 Å². The number of nitro groups is 1. The van der Waals surface area contributed by atoms with Crippen molar-refractivity contribution in [3.8, 4) is 5.75 Å². The summed E-state index contributed by atoms with van der Waals surface area (Å²) in [5.74, 6) is -0.340. The summed E-state index contributed by atoms with van der Waals surface area (Å²) in [6.07, 6.45) is 0. The zero-order chi connectivity index (χ0) is 15.4. The van der Waals surface area contributed by atoms with Gasteiger partial charge in [0.2, 0.25) is 5.91 Å². The number of rotatable bonds is 5. The van der Waals surface area contributed by atoms with Crippen molar-refractivity contribution in [1.82, 2.24) is 0 Å². The number of thiophene rings is 1. The lowest BCUT2D eigenvalue weighted by atomic mass is 10.2. The number of aromatic hydroxyl groups is 1. The molecule has 3 N–H and O–H groups in total. The van der Waals surface area contributed by atoms with Crippen LogP contribution in [0.2, 0.25) is 0 Å². The third kappa shape index (κ3) is 3.69. The molecule has 0 aliphatic heterocycles. The lowest BCUT2D eigenvalue weighted by molar-refractivity contribution is -0.384. The van der Waals surface area contributed by atoms with Gasteiger partial charge in [-0.1, -0.05) is 0 Å². The summed E-state index contributed by atoms with van der Waals surface area (Å²) in [5.41, 5.74) is 0.786. The van der Waals surface area contributed by atoms with Crippen LogP contribution in [0.3, 0.4) is 0 Å². The SMILES string of the molecule is CC(=O)Nc1ccsc1CNc1ccc(O)cc1[N+](=O)[O-]. The van der Waals surface area contributed by atoms with E-state index in [-0.39, 0.29) is 17.3 Å². The molecular weight excluding hydrogens is 294 g/mol. The lowest BCUT2D eigenvalue weighted by Gasteiger charge is -2.08. The molecule has 2 rings (SSSR count). The quantitative estimate of drug-likeness (QED) is 0.447. The molecule has 0 radical (unpaired) electrons. The zero-order valence-corrected chi connectivity index (χ0v) is 11.9. The fraction of sp³-hybridized carbons (Fsp3) is 0.154. The largest absolute Gasteiger partial charge is 0.508 e. The van der Waals surface area contributed by atoms with Gasteiger partial charge in [-0.15, -0.1) is 11.3 Å². The Labute approximate surface area is 124 Å². The number of nitrogens with one attached hydrogen (secondary N) is 2. The predicted molar refractivity (Wildman–Crippen MR) is 80.7 cm³/mol. The van der Waals surface area contributed by atoms with E-state index >= 15 is 0 Å². The smallest absolute Gasteiger partial charge is 0.296 e. The molecule has 0 saturated carbocycles. The molecule has 110 valence electrons. The van der Waals surface area contributed by atoms with Gasteiger partial charge >= 0.3 is 0 Å². The molecule has 8 heteroatoms. The number of nitrogens with zero attached hydrogens (tertiary/aromatic N) is 1. The molecule has 1 heterocycles. The van der Waals surface area contributed by atoms with E-state index in [1.54, 1.807) is 6.07 Å². The topological polar surface area (TPSA) is 104 Å². The fourth-order valence-corrected chi connectivity index (χ4v) is 2.54. The second kappa shape index (κ2) is 6.23. The number of carbonyl (C=O) groups excluding carboxylic acids is 1. The van der Waals surface area contributed by atoms with Crippen LogP contribution in [-0.4, -0.2) is 15.9 Å². The molecule has 0 unspecified atom stereocenters. The van der Waals surface area contributed by atoms with Crippen molar-refractivity contribution >= 4 is 34.3 Å². The van der Waals surface area contributed by atoms with E-state index in [1.165, 1.54) is 30.4 Å². The minimum Gasteiger partial charge on any atom is -0.508 e. The summed E-state index contributed by atoms with van der Waals surface area (Å²) in [6, 6.07) is 5.68. The van der Waals surface area contributed by atoms with Crippen LogP contribution >= 0.6 is 11.3 Å². The van der Waals surface area contributed by atoms with Gasteiger partial charge in [0.1, 0.15) is 11.4 Å². The van der Waals surface area contributed by atoms with Crippen LogP contribution in [0.4, 0.5) is 17.1 Å². The van der Waals surface area contributed by atoms with Crippen LogP contribution in [0.1, 0.15) is 11.8 Å². The van der Waals surface area contributed by atoms with Crippen molar-refractivity contribution in [2.45, 2.75) is 13.5 Å². The Balaban J connectivity index is 2.15. The molecule has 2 aromatic rings. The molecule has 0 atom stereocenters. The number of carbonyl (C=O) groups is 1. The van der Waals surface area contributed by atoms with Crippen LogP contribution in [0.5, 0.6) is 5.75 Å². The Bertz CT molecular complexity index is 684. The molecule has 7 nitrogen and oxygen atoms in total. The Hall–Kier alpha value is -2.61. The molecule has 1 amide bonds.